The zero-order valence-electron chi connectivity index (χ0n) is 11.5. The molecule has 110 valence electrons. The summed E-state index contributed by atoms with van der Waals surface area (Å²) in [6, 6.07) is 13.4. The highest BCUT2D eigenvalue weighted by Gasteiger charge is 2.28. The zero-order chi connectivity index (χ0) is 14.9. The second-order valence-corrected chi connectivity index (χ2v) is 7.05. The van der Waals surface area contributed by atoms with Crippen LogP contribution in [0.5, 0.6) is 0 Å². The smallest absolute Gasteiger partial charge is 0.207 e. The molecule has 21 heavy (non-hydrogen) atoms. The van der Waals surface area contributed by atoms with Crippen LogP contribution >= 0.6 is 0 Å². The molecule has 0 spiro atoms. The molecule has 0 amide bonds. The molecule has 0 radical (unpaired) electrons. The predicted octanol–water partition coefficient (Wildman–Crippen LogP) is 2.96. The van der Waals surface area contributed by atoms with Gasteiger partial charge in [-0.2, -0.15) is 4.31 Å². The minimum Gasteiger partial charge on any atom is -0.207 e. The Hall–Kier alpha value is -1.72. The van der Waals surface area contributed by atoms with Gasteiger partial charge in [-0.1, -0.05) is 36.4 Å². The van der Waals surface area contributed by atoms with Gasteiger partial charge in [-0.15, -0.1) is 0 Å². The maximum atomic E-state index is 13.8. The van der Waals surface area contributed by atoms with Crippen molar-refractivity contribution in [3.63, 3.8) is 0 Å². The number of sulfonamides is 1. The van der Waals surface area contributed by atoms with E-state index in [0.29, 0.717) is 13.1 Å². The lowest BCUT2D eigenvalue weighted by atomic mass is 10.0. The van der Waals surface area contributed by atoms with Crippen LogP contribution in [0.4, 0.5) is 4.39 Å². The largest absolute Gasteiger partial charge is 0.246 e. The maximum Gasteiger partial charge on any atom is 0.246 e. The van der Waals surface area contributed by atoms with E-state index in [1.165, 1.54) is 28.1 Å². The first kappa shape index (κ1) is 14.2. The average molecular weight is 305 g/mol. The second kappa shape index (κ2) is 5.58. The van der Waals surface area contributed by atoms with Gasteiger partial charge in [0.1, 0.15) is 10.7 Å². The van der Waals surface area contributed by atoms with Crippen molar-refractivity contribution >= 4 is 10.0 Å². The Morgan fingerprint density at radius 1 is 0.952 bits per heavy atom. The third kappa shape index (κ3) is 2.71. The lowest BCUT2D eigenvalue weighted by molar-refractivity contribution is 0.406. The molecule has 0 fully saturated rings. The molecular formula is C16H16FNO2S. The fourth-order valence-corrected chi connectivity index (χ4v) is 4.19. The number of hydrogen-bond donors (Lipinski definition) is 0. The van der Waals surface area contributed by atoms with Crippen molar-refractivity contribution in [3.05, 3.63) is 65.5 Å². The Morgan fingerprint density at radius 3 is 2.38 bits per heavy atom. The summed E-state index contributed by atoms with van der Waals surface area (Å²) in [5.74, 6) is -0.699. The van der Waals surface area contributed by atoms with Crippen molar-refractivity contribution in [3.8, 4) is 0 Å². The first-order chi connectivity index (χ1) is 10.1. The van der Waals surface area contributed by atoms with Gasteiger partial charge < -0.3 is 0 Å². The van der Waals surface area contributed by atoms with E-state index in [4.69, 9.17) is 0 Å². The summed E-state index contributed by atoms with van der Waals surface area (Å²) in [6.45, 7) is 0.707. The van der Waals surface area contributed by atoms with Crippen molar-refractivity contribution < 1.29 is 12.8 Å². The molecule has 0 aliphatic carbocycles. The lowest BCUT2D eigenvalue weighted by Gasteiger charge is -2.20. The number of aryl methyl sites for hydroxylation is 1. The first-order valence-corrected chi connectivity index (χ1v) is 8.34. The molecule has 2 aromatic carbocycles. The third-order valence-corrected chi connectivity index (χ3v) is 5.65. The van der Waals surface area contributed by atoms with Gasteiger partial charge in [-0.3, -0.25) is 0 Å². The van der Waals surface area contributed by atoms with Gasteiger partial charge >= 0.3 is 0 Å². The van der Waals surface area contributed by atoms with Gasteiger partial charge in [0.25, 0.3) is 0 Å². The van der Waals surface area contributed by atoms with E-state index in [9.17, 15) is 12.8 Å². The highest BCUT2D eigenvalue weighted by Crippen LogP contribution is 2.25. The molecule has 0 saturated heterocycles. The van der Waals surface area contributed by atoms with Gasteiger partial charge in [-0.05, 0) is 36.1 Å². The number of nitrogens with zero attached hydrogens (tertiary/aromatic N) is 1. The van der Waals surface area contributed by atoms with Crippen molar-refractivity contribution in [2.75, 3.05) is 6.54 Å². The van der Waals surface area contributed by atoms with Crippen LogP contribution in [0, 0.1) is 5.82 Å². The van der Waals surface area contributed by atoms with Crippen molar-refractivity contribution in [2.24, 2.45) is 0 Å². The SMILES string of the molecule is O=S(=O)(c1ccccc1F)N1CCCc2ccccc2C1. The number of halogens is 1. The van der Waals surface area contributed by atoms with E-state index >= 15 is 0 Å². The lowest BCUT2D eigenvalue weighted by Crippen LogP contribution is -2.31. The minimum absolute atomic E-state index is 0.246. The molecule has 0 saturated carbocycles. The molecule has 1 aliphatic rings. The Kier molecular flexibility index (Phi) is 3.78. The van der Waals surface area contributed by atoms with Gasteiger partial charge in [0.15, 0.2) is 0 Å². The van der Waals surface area contributed by atoms with Crippen LogP contribution in [0.3, 0.4) is 0 Å². The fourth-order valence-electron chi connectivity index (χ4n) is 2.67. The molecule has 5 heteroatoms. The fraction of sp³-hybridized carbons (Fsp3) is 0.250. The summed E-state index contributed by atoms with van der Waals surface area (Å²) in [4.78, 5) is -0.246. The number of rotatable bonds is 2. The van der Waals surface area contributed by atoms with Crippen molar-refractivity contribution in [2.45, 2.75) is 24.3 Å². The normalized spacial score (nSPS) is 16.2. The summed E-state index contributed by atoms with van der Waals surface area (Å²) >= 11 is 0. The monoisotopic (exact) mass is 305 g/mol. The Morgan fingerprint density at radius 2 is 1.62 bits per heavy atom. The van der Waals surface area contributed by atoms with Crippen LogP contribution < -0.4 is 0 Å². The van der Waals surface area contributed by atoms with E-state index in [2.05, 4.69) is 0 Å². The predicted molar refractivity (Wildman–Crippen MR) is 78.8 cm³/mol. The van der Waals surface area contributed by atoms with E-state index in [1.807, 2.05) is 24.3 Å². The summed E-state index contributed by atoms with van der Waals surface area (Å²) in [5.41, 5.74) is 2.17. The van der Waals surface area contributed by atoms with Gasteiger partial charge in [0.05, 0.1) is 0 Å². The van der Waals surface area contributed by atoms with E-state index in [-0.39, 0.29) is 4.90 Å². The standard InChI is InChI=1S/C16H16FNO2S/c17-15-9-3-4-10-16(15)21(19,20)18-11-5-8-13-6-1-2-7-14(13)12-18/h1-4,6-7,9-10H,5,8,11-12H2. The van der Waals surface area contributed by atoms with Crippen LogP contribution in [0.15, 0.2) is 53.4 Å². The summed E-state index contributed by atoms with van der Waals surface area (Å²) in [6.07, 6.45) is 1.59. The highest BCUT2D eigenvalue weighted by molar-refractivity contribution is 7.89. The number of fused-ring (bicyclic) bond motifs is 1. The maximum absolute atomic E-state index is 13.8. The number of benzene rings is 2. The summed E-state index contributed by atoms with van der Waals surface area (Å²) in [5, 5.41) is 0. The van der Waals surface area contributed by atoms with Crippen LogP contribution in [0.25, 0.3) is 0 Å². The topological polar surface area (TPSA) is 37.4 Å². The third-order valence-electron chi connectivity index (χ3n) is 3.77. The highest BCUT2D eigenvalue weighted by atomic mass is 32.2. The van der Waals surface area contributed by atoms with Crippen LogP contribution in [0.1, 0.15) is 17.5 Å². The quantitative estimate of drug-likeness (QED) is 0.855. The molecule has 2 aromatic rings. The molecule has 3 rings (SSSR count). The van der Waals surface area contributed by atoms with E-state index in [0.717, 1.165) is 18.4 Å². The Balaban J connectivity index is 1.99. The van der Waals surface area contributed by atoms with Crippen LogP contribution in [0.2, 0.25) is 0 Å². The summed E-state index contributed by atoms with van der Waals surface area (Å²) in [7, 11) is -3.80. The molecule has 0 N–H and O–H groups in total. The molecular weight excluding hydrogens is 289 g/mol. The van der Waals surface area contributed by atoms with Crippen LogP contribution in [-0.4, -0.2) is 19.3 Å². The van der Waals surface area contributed by atoms with Gasteiger partial charge in [0, 0.05) is 13.1 Å². The Bertz CT molecular complexity index is 758. The summed E-state index contributed by atoms with van der Waals surface area (Å²) < 4.78 is 40.5. The first-order valence-electron chi connectivity index (χ1n) is 6.90. The van der Waals surface area contributed by atoms with Crippen molar-refractivity contribution in [1.29, 1.82) is 0 Å². The molecule has 0 aromatic heterocycles. The van der Waals surface area contributed by atoms with Crippen LogP contribution in [-0.2, 0) is 23.0 Å². The second-order valence-electron chi connectivity index (χ2n) is 5.14. The number of hydrogen-bond acceptors (Lipinski definition) is 2. The van der Waals surface area contributed by atoms with E-state index < -0.39 is 15.8 Å². The Labute approximate surface area is 124 Å². The molecule has 1 heterocycles. The van der Waals surface area contributed by atoms with Gasteiger partial charge in [0.2, 0.25) is 10.0 Å². The zero-order valence-corrected chi connectivity index (χ0v) is 12.3. The average Bonchev–Trinajstić information content (AvgIpc) is 2.70. The van der Waals surface area contributed by atoms with Crippen molar-refractivity contribution in [1.82, 2.24) is 4.31 Å². The molecule has 0 unspecified atom stereocenters. The molecule has 3 nitrogen and oxygen atoms in total. The van der Waals surface area contributed by atoms with Gasteiger partial charge in [-0.25, -0.2) is 12.8 Å². The molecule has 0 atom stereocenters. The minimum atomic E-state index is -3.80. The molecule has 1 aliphatic heterocycles. The van der Waals surface area contributed by atoms with E-state index in [1.54, 1.807) is 6.07 Å². The molecule has 0 bridgehead atoms.